The highest BCUT2D eigenvalue weighted by molar-refractivity contribution is 5.89. The van der Waals surface area contributed by atoms with Crippen molar-refractivity contribution >= 4 is 18.0 Å². The summed E-state index contributed by atoms with van der Waals surface area (Å²) >= 11 is 0. The van der Waals surface area contributed by atoms with E-state index in [-0.39, 0.29) is 18.6 Å². The second-order valence-corrected chi connectivity index (χ2v) is 6.38. The molecule has 5 heteroatoms. The highest BCUT2D eigenvalue weighted by atomic mass is 16.5. The van der Waals surface area contributed by atoms with Gasteiger partial charge in [0.1, 0.15) is 5.75 Å². The number of carbonyl (C=O) groups is 2. The molecule has 0 aromatic heterocycles. The summed E-state index contributed by atoms with van der Waals surface area (Å²) in [6, 6.07) is 7.58. The molecule has 136 valence electrons. The lowest BCUT2D eigenvalue weighted by Crippen LogP contribution is -2.42. The first-order valence-electron chi connectivity index (χ1n) is 8.95. The minimum absolute atomic E-state index is 0.194. The van der Waals surface area contributed by atoms with Gasteiger partial charge in [0, 0.05) is 12.1 Å². The van der Waals surface area contributed by atoms with Gasteiger partial charge < -0.3 is 14.8 Å². The van der Waals surface area contributed by atoms with E-state index in [0.29, 0.717) is 12.5 Å². The third-order valence-corrected chi connectivity index (χ3v) is 4.41. The minimum Gasteiger partial charge on any atom is -0.494 e. The van der Waals surface area contributed by atoms with Crippen LogP contribution in [0.3, 0.4) is 0 Å². The van der Waals surface area contributed by atoms with Crippen LogP contribution in [0.5, 0.6) is 5.75 Å². The molecule has 2 atom stereocenters. The van der Waals surface area contributed by atoms with Gasteiger partial charge in [-0.15, -0.1) is 0 Å². The summed E-state index contributed by atoms with van der Waals surface area (Å²) in [6.45, 7) is 4.45. The van der Waals surface area contributed by atoms with E-state index in [4.69, 9.17) is 9.47 Å². The van der Waals surface area contributed by atoms with Gasteiger partial charge in [-0.1, -0.05) is 31.9 Å². The Morgan fingerprint density at radius 2 is 1.92 bits per heavy atom. The van der Waals surface area contributed by atoms with Crippen LogP contribution >= 0.6 is 0 Å². The number of esters is 1. The molecule has 0 spiro atoms. The molecule has 5 nitrogen and oxygen atoms in total. The highest BCUT2D eigenvalue weighted by Gasteiger charge is 2.22. The van der Waals surface area contributed by atoms with E-state index in [9.17, 15) is 9.59 Å². The van der Waals surface area contributed by atoms with Gasteiger partial charge in [-0.3, -0.25) is 4.79 Å². The molecular weight excluding hydrogens is 318 g/mol. The number of nitrogens with one attached hydrogen (secondary N) is 1. The number of hydrogen-bond acceptors (Lipinski definition) is 4. The van der Waals surface area contributed by atoms with Gasteiger partial charge in [0.25, 0.3) is 5.91 Å². The number of hydrogen-bond donors (Lipinski definition) is 1. The standard InChI is InChI=1S/C20H27NO4/c1-3-24-17-11-8-16(9-12-17)10-13-20(23)25-14-19(22)21-18-7-5-4-6-15(18)2/h8-13,15,18H,3-7,14H2,1-2H3,(H,21,22)/b13-10+. The summed E-state index contributed by atoms with van der Waals surface area (Å²) < 4.78 is 10.4. The number of benzene rings is 1. The van der Waals surface area contributed by atoms with Crippen molar-refractivity contribution in [2.45, 2.75) is 45.6 Å². The average Bonchev–Trinajstić information content (AvgIpc) is 2.61. The maximum atomic E-state index is 11.9. The first-order valence-corrected chi connectivity index (χ1v) is 8.95. The second kappa shape index (κ2) is 9.87. The van der Waals surface area contributed by atoms with Crippen LogP contribution < -0.4 is 10.1 Å². The number of carbonyl (C=O) groups excluding carboxylic acids is 2. The Kier molecular flexibility index (Phi) is 7.51. The first-order chi connectivity index (χ1) is 12.1. The van der Waals surface area contributed by atoms with Crippen LogP contribution in [0.4, 0.5) is 0 Å². The number of rotatable bonds is 7. The molecule has 1 aliphatic rings. The summed E-state index contributed by atoms with van der Waals surface area (Å²) in [5, 5.41) is 2.96. The van der Waals surface area contributed by atoms with E-state index in [2.05, 4.69) is 12.2 Å². The lowest BCUT2D eigenvalue weighted by atomic mass is 9.86. The molecule has 1 fully saturated rings. The van der Waals surface area contributed by atoms with E-state index in [1.54, 1.807) is 6.08 Å². The SMILES string of the molecule is CCOc1ccc(/C=C/C(=O)OCC(=O)NC2CCCCC2C)cc1. The van der Waals surface area contributed by atoms with Gasteiger partial charge in [0.05, 0.1) is 6.61 Å². The third-order valence-electron chi connectivity index (χ3n) is 4.41. The van der Waals surface area contributed by atoms with E-state index in [1.165, 1.54) is 12.5 Å². The molecule has 0 aliphatic heterocycles. The Morgan fingerprint density at radius 3 is 2.60 bits per heavy atom. The van der Waals surface area contributed by atoms with Crippen molar-refractivity contribution in [1.82, 2.24) is 5.32 Å². The van der Waals surface area contributed by atoms with Gasteiger partial charge in [-0.05, 0) is 49.5 Å². The van der Waals surface area contributed by atoms with Crippen LogP contribution in [-0.2, 0) is 14.3 Å². The van der Waals surface area contributed by atoms with Crippen molar-refractivity contribution < 1.29 is 19.1 Å². The molecule has 0 saturated heterocycles. The largest absolute Gasteiger partial charge is 0.494 e. The van der Waals surface area contributed by atoms with E-state index in [0.717, 1.165) is 30.6 Å². The molecule has 1 N–H and O–H groups in total. The summed E-state index contributed by atoms with van der Waals surface area (Å²) in [5.74, 6) is 0.506. The summed E-state index contributed by atoms with van der Waals surface area (Å²) in [5.41, 5.74) is 0.862. The molecule has 1 aromatic carbocycles. The Morgan fingerprint density at radius 1 is 1.20 bits per heavy atom. The van der Waals surface area contributed by atoms with Crippen LogP contribution in [-0.4, -0.2) is 31.1 Å². The lowest BCUT2D eigenvalue weighted by Gasteiger charge is -2.29. The molecule has 1 saturated carbocycles. The Bertz CT molecular complexity index is 594. The fraction of sp³-hybridized carbons (Fsp3) is 0.500. The molecule has 0 bridgehead atoms. The van der Waals surface area contributed by atoms with E-state index in [1.807, 2.05) is 31.2 Å². The fourth-order valence-electron chi connectivity index (χ4n) is 2.97. The lowest BCUT2D eigenvalue weighted by molar-refractivity contribution is -0.144. The third kappa shape index (κ3) is 6.61. The van der Waals surface area contributed by atoms with Crippen molar-refractivity contribution in [1.29, 1.82) is 0 Å². The van der Waals surface area contributed by atoms with Gasteiger partial charge in [-0.25, -0.2) is 4.79 Å². The molecule has 1 aliphatic carbocycles. The number of amides is 1. The Hall–Kier alpha value is -2.30. The van der Waals surface area contributed by atoms with Crippen molar-refractivity contribution in [2.75, 3.05) is 13.2 Å². The molecule has 25 heavy (non-hydrogen) atoms. The van der Waals surface area contributed by atoms with Gasteiger partial charge in [-0.2, -0.15) is 0 Å². The maximum absolute atomic E-state index is 11.9. The van der Waals surface area contributed by atoms with Crippen LogP contribution in [0, 0.1) is 5.92 Å². The second-order valence-electron chi connectivity index (χ2n) is 6.38. The molecular formula is C20H27NO4. The molecule has 2 rings (SSSR count). The van der Waals surface area contributed by atoms with Gasteiger partial charge in [0.15, 0.2) is 6.61 Å². The van der Waals surface area contributed by atoms with Crippen molar-refractivity contribution in [2.24, 2.45) is 5.92 Å². The smallest absolute Gasteiger partial charge is 0.331 e. The zero-order valence-electron chi connectivity index (χ0n) is 15.0. The number of ether oxygens (including phenoxy) is 2. The van der Waals surface area contributed by atoms with Crippen LogP contribution in [0.1, 0.15) is 45.1 Å². The Balaban J connectivity index is 1.73. The quantitative estimate of drug-likeness (QED) is 0.608. The fourth-order valence-corrected chi connectivity index (χ4v) is 2.97. The minimum atomic E-state index is -0.527. The average molecular weight is 345 g/mol. The molecule has 1 aromatic rings. The van der Waals surface area contributed by atoms with E-state index < -0.39 is 5.97 Å². The van der Waals surface area contributed by atoms with Crippen molar-refractivity contribution in [3.63, 3.8) is 0 Å². The molecule has 0 heterocycles. The normalized spacial score (nSPS) is 20.2. The zero-order valence-corrected chi connectivity index (χ0v) is 15.0. The topological polar surface area (TPSA) is 64.6 Å². The Labute approximate surface area is 149 Å². The highest BCUT2D eigenvalue weighted by Crippen LogP contribution is 2.23. The molecule has 1 amide bonds. The van der Waals surface area contributed by atoms with Crippen molar-refractivity contribution in [3.05, 3.63) is 35.9 Å². The maximum Gasteiger partial charge on any atom is 0.331 e. The summed E-state index contributed by atoms with van der Waals surface area (Å²) in [7, 11) is 0. The van der Waals surface area contributed by atoms with Crippen molar-refractivity contribution in [3.8, 4) is 5.75 Å². The predicted molar refractivity (Wildman–Crippen MR) is 97.2 cm³/mol. The van der Waals surface area contributed by atoms with E-state index >= 15 is 0 Å². The van der Waals surface area contributed by atoms with Crippen LogP contribution in [0.25, 0.3) is 6.08 Å². The first kappa shape index (κ1) is 19.0. The summed E-state index contributed by atoms with van der Waals surface area (Å²) in [4.78, 5) is 23.6. The molecule has 0 radical (unpaired) electrons. The predicted octanol–water partition coefficient (Wildman–Crippen LogP) is 3.34. The van der Waals surface area contributed by atoms with Crippen LogP contribution in [0.2, 0.25) is 0 Å². The van der Waals surface area contributed by atoms with Gasteiger partial charge in [0.2, 0.25) is 0 Å². The van der Waals surface area contributed by atoms with Gasteiger partial charge >= 0.3 is 5.97 Å². The summed E-state index contributed by atoms with van der Waals surface area (Å²) in [6.07, 6.45) is 7.47. The van der Waals surface area contributed by atoms with Crippen LogP contribution in [0.15, 0.2) is 30.3 Å². The monoisotopic (exact) mass is 345 g/mol. The zero-order chi connectivity index (χ0) is 18.1. The molecule has 2 unspecified atom stereocenters.